The van der Waals surface area contributed by atoms with Gasteiger partial charge in [0.1, 0.15) is 5.52 Å². The molecule has 0 saturated heterocycles. The van der Waals surface area contributed by atoms with E-state index in [9.17, 15) is 0 Å². The van der Waals surface area contributed by atoms with Gasteiger partial charge in [0.15, 0.2) is 5.65 Å². The van der Waals surface area contributed by atoms with E-state index in [2.05, 4.69) is 15.0 Å². The molecule has 0 amide bonds. The van der Waals surface area contributed by atoms with Gasteiger partial charge in [-0.15, -0.1) is 11.3 Å². The molecule has 0 bridgehead atoms. The normalized spacial score (nSPS) is 11.1. The lowest BCUT2D eigenvalue weighted by Crippen LogP contribution is -2.04. The number of imidazole rings is 1. The van der Waals surface area contributed by atoms with E-state index in [1.54, 1.807) is 11.3 Å². The van der Waals surface area contributed by atoms with Crippen LogP contribution in [0.15, 0.2) is 24.0 Å². The molecule has 0 saturated carbocycles. The van der Waals surface area contributed by atoms with E-state index in [0.717, 1.165) is 21.6 Å². The second-order valence-corrected chi connectivity index (χ2v) is 4.85. The molecule has 6 heteroatoms. The van der Waals surface area contributed by atoms with Crippen LogP contribution in [-0.4, -0.2) is 19.5 Å². The van der Waals surface area contributed by atoms with Crippen molar-refractivity contribution < 1.29 is 0 Å². The molecule has 0 unspecified atom stereocenters. The van der Waals surface area contributed by atoms with Crippen LogP contribution in [0.2, 0.25) is 0 Å². The van der Waals surface area contributed by atoms with Crippen LogP contribution in [0, 0.1) is 6.92 Å². The van der Waals surface area contributed by atoms with Crippen LogP contribution in [0.3, 0.4) is 0 Å². The average molecular weight is 245 g/mol. The molecule has 0 aliphatic carbocycles. The molecule has 3 heterocycles. The zero-order chi connectivity index (χ0) is 11.8. The number of nitrogens with two attached hydrogens (primary N) is 1. The number of nitrogens with zero attached hydrogens (tertiary/aromatic N) is 4. The van der Waals surface area contributed by atoms with Gasteiger partial charge in [-0.05, 0) is 18.6 Å². The van der Waals surface area contributed by atoms with Gasteiger partial charge < -0.3 is 5.73 Å². The van der Waals surface area contributed by atoms with Crippen molar-refractivity contribution in [3.05, 3.63) is 34.4 Å². The highest BCUT2D eigenvalue weighted by atomic mass is 32.1. The number of hydrogen-bond acceptors (Lipinski definition) is 5. The van der Waals surface area contributed by atoms with Crippen LogP contribution in [0.4, 0.5) is 5.95 Å². The number of rotatable bonds is 2. The summed E-state index contributed by atoms with van der Waals surface area (Å²) in [4.78, 5) is 13.9. The summed E-state index contributed by atoms with van der Waals surface area (Å²) in [7, 11) is 0. The van der Waals surface area contributed by atoms with Crippen molar-refractivity contribution >= 4 is 28.4 Å². The third kappa shape index (κ3) is 1.76. The molecule has 3 aromatic rings. The summed E-state index contributed by atoms with van der Waals surface area (Å²) in [6.07, 6.45) is 3.66. The summed E-state index contributed by atoms with van der Waals surface area (Å²) in [5, 5.41) is 0. The highest BCUT2D eigenvalue weighted by Crippen LogP contribution is 2.19. The molecule has 5 nitrogen and oxygen atoms in total. The fourth-order valence-corrected chi connectivity index (χ4v) is 2.34. The number of anilines is 1. The molecule has 2 N–H and O–H groups in total. The Kier molecular flexibility index (Phi) is 2.29. The molecule has 0 radical (unpaired) electrons. The number of pyridine rings is 1. The maximum Gasteiger partial charge on any atom is 0.202 e. The highest BCUT2D eigenvalue weighted by molar-refractivity contribution is 7.09. The Hall–Kier alpha value is -1.95. The molecule has 0 atom stereocenters. The monoisotopic (exact) mass is 245 g/mol. The molecule has 3 rings (SSSR count). The minimum atomic E-state index is 0.492. The number of thiazole rings is 1. The number of aromatic nitrogens is 4. The summed E-state index contributed by atoms with van der Waals surface area (Å²) in [6.45, 7) is 2.66. The van der Waals surface area contributed by atoms with Gasteiger partial charge in [-0.3, -0.25) is 9.55 Å². The lowest BCUT2D eigenvalue weighted by atomic mass is 10.3. The van der Waals surface area contributed by atoms with Gasteiger partial charge in [0.2, 0.25) is 5.95 Å². The Morgan fingerprint density at radius 2 is 2.29 bits per heavy atom. The Labute approximate surface area is 102 Å². The molecule has 0 aliphatic rings. The van der Waals surface area contributed by atoms with Gasteiger partial charge in [0, 0.05) is 17.3 Å². The van der Waals surface area contributed by atoms with Gasteiger partial charge in [-0.25, -0.2) is 9.97 Å². The lowest BCUT2D eigenvalue weighted by Gasteiger charge is -2.02. The summed E-state index contributed by atoms with van der Waals surface area (Å²) in [5.41, 5.74) is 10.5. The number of nitrogen functional groups attached to an aromatic ring is 1. The number of hydrogen-bond donors (Lipinski definition) is 1. The van der Waals surface area contributed by atoms with Crippen LogP contribution in [0.1, 0.15) is 10.4 Å². The van der Waals surface area contributed by atoms with Gasteiger partial charge >= 0.3 is 0 Å². The van der Waals surface area contributed by atoms with Crippen molar-refractivity contribution in [2.75, 3.05) is 5.73 Å². The fourth-order valence-electron chi connectivity index (χ4n) is 1.76. The van der Waals surface area contributed by atoms with Gasteiger partial charge in [-0.2, -0.15) is 0 Å². The van der Waals surface area contributed by atoms with E-state index in [1.165, 1.54) is 0 Å². The Morgan fingerprint density at radius 1 is 1.41 bits per heavy atom. The third-order valence-corrected chi connectivity index (χ3v) is 3.31. The molecular weight excluding hydrogens is 234 g/mol. The minimum absolute atomic E-state index is 0.492. The van der Waals surface area contributed by atoms with Crippen molar-refractivity contribution in [2.24, 2.45) is 0 Å². The molecule has 0 spiro atoms. The van der Waals surface area contributed by atoms with Gasteiger partial charge in [-0.1, -0.05) is 0 Å². The molecular formula is C11H11N5S. The third-order valence-electron chi connectivity index (χ3n) is 2.55. The first-order valence-corrected chi connectivity index (χ1v) is 6.08. The quantitative estimate of drug-likeness (QED) is 0.747. The Bertz CT molecular complexity index is 656. The van der Waals surface area contributed by atoms with E-state index >= 15 is 0 Å². The number of fused-ring (bicyclic) bond motifs is 1. The average Bonchev–Trinajstić information content (AvgIpc) is 2.88. The van der Waals surface area contributed by atoms with Gasteiger partial charge in [0.25, 0.3) is 0 Å². The Morgan fingerprint density at radius 3 is 3.06 bits per heavy atom. The van der Waals surface area contributed by atoms with E-state index in [-0.39, 0.29) is 0 Å². The van der Waals surface area contributed by atoms with E-state index in [4.69, 9.17) is 5.73 Å². The van der Waals surface area contributed by atoms with E-state index < -0.39 is 0 Å². The maximum atomic E-state index is 5.92. The topological polar surface area (TPSA) is 69.6 Å². The van der Waals surface area contributed by atoms with Crippen LogP contribution in [-0.2, 0) is 6.54 Å². The van der Waals surface area contributed by atoms with Crippen LogP contribution >= 0.6 is 11.3 Å². The first kappa shape index (κ1) is 10.2. The summed E-state index contributed by atoms with van der Waals surface area (Å²) < 4.78 is 1.91. The maximum absolute atomic E-state index is 5.92. The predicted molar refractivity (Wildman–Crippen MR) is 67.9 cm³/mol. The van der Waals surface area contributed by atoms with Crippen molar-refractivity contribution in [2.45, 2.75) is 13.5 Å². The first-order chi connectivity index (χ1) is 8.24. The smallest absolute Gasteiger partial charge is 0.202 e. The molecule has 0 aliphatic heterocycles. The highest BCUT2D eigenvalue weighted by Gasteiger charge is 2.10. The number of aryl methyl sites for hydroxylation is 1. The van der Waals surface area contributed by atoms with Crippen molar-refractivity contribution in [1.82, 2.24) is 19.5 Å². The second kappa shape index (κ2) is 3.81. The lowest BCUT2D eigenvalue weighted by molar-refractivity contribution is 0.839. The van der Waals surface area contributed by atoms with E-state index in [0.29, 0.717) is 12.5 Å². The van der Waals surface area contributed by atoms with Crippen molar-refractivity contribution in [1.29, 1.82) is 0 Å². The first-order valence-electron chi connectivity index (χ1n) is 5.20. The SMILES string of the molecule is Cc1cnc2c(c1)nc(N)n2Cc1cncs1. The molecule has 86 valence electrons. The fraction of sp³-hybridized carbons (Fsp3) is 0.182. The molecule has 17 heavy (non-hydrogen) atoms. The molecule has 3 aromatic heterocycles. The largest absolute Gasteiger partial charge is 0.369 e. The van der Waals surface area contributed by atoms with Crippen molar-refractivity contribution in [3.8, 4) is 0 Å². The van der Waals surface area contributed by atoms with Crippen molar-refractivity contribution in [3.63, 3.8) is 0 Å². The minimum Gasteiger partial charge on any atom is -0.369 e. The zero-order valence-corrected chi connectivity index (χ0v) is 10.1. The summed E-state index contributed by atoms with van der Waals surface area (Å²) >= 11 is 1.60. The van der Waals surface area contributed by atoms with Gasteiger partial charge in [0.05, 0.1) is 12.1 Å². The van der Waals surface area contributed by atoms with Crippen LogP contribution in [0.5, 0.6) is 0 Å². The summed E-state index contributed by atoms with van der Waals surface area (Å²) in [5.74, 6) is 0.492. The molecule has 0 fully saturated rings. The summed E-state index contributed by atoms with van der Waals surface area (Å²) in [6, 6.07) is 1.99. The second-order valence-electron chi connectivity index (χ2n) is 3.88. The van der Waals surface area contributed by atoms with Crippen LogP contribution in [0.25, 0.3) is 11.2 Å². The standard InChI is InChI=1S/C11H11N5S/c1-7-2-9-10(14-3-7)16(11(12)15-9)5-8-4-13-6-17-8/h2-4,6H,5H2,1H3,(H2,12,15). The van der Waals surface area contributed by atoms with E-state index in [1.807, 2.05) is 35.5 Å². The predicted octanol–water partition coefficient (Wildman–Crippen LogP) is 1.83. The van der Waals surface area contributed by atoms with Crippen LogP contribution < -0.4 is 5.73 Å². The Balaban J connectivity index is 2.12. The molecule has 0 aromatic carbocycles. The zero-order valence-electron chi connectivity index (χ0n) is 9.29.